The molecule has 0 bridgehead atoms. The van der Waals surface area contributed by atoms with Gasteiger partial charge in [0, 0.05) is 10.9 Å². The quantitative estimate of drug-likeness (QED) is 0.354. The number of hydrogen-bond acceptors (Lipinski definition) is 2. The first kappa shape index (κ1) is 30.4. The molecule has 0 radical (unpaired) electrons. The molecule has 0 fully saturated rings. The summed E-state index contributed by atoms with van der Waals surface area (Å²) in [5, 5.41) is 9.52. The molecule has 0 aliphatic carbocycles. The van der Waals surface area contributed by atoms with E-state index in [1.165, 1.54) is 4.90 Å². The van der Waals surface area contributed by atoms with Gasteiger partial charge < -0.3 is 5.11 Å². The molecule has 1 rings (SSSR count). The van der Waals surface area contributed by atoms with Crippen LogP contribution in [-0.2, 0) is 15.6 Å². The van der Waals surface area contributed by atoms with Crippen molar-refractivity contribution in [3.05, 3.63) is 23.3 Å². The molecular formula is C16H16F13O2S+. The molecule has 0 heterocycles. The van der Waals surface area contributed by atoms with E-state index >= 15 is 0 Å². The molecule has 0 spiro atoms. The lowest BCUT2D eigenvalue weighted by atomic mass is 10.1. The zero-order valence-corrected chi connectivity index (χ0v) is 17.2. The smallest absolute Gasteiger partial charge is 0.460 e. The average molecular weight is 519 g/mol. The Bertz CT molecular complexity index is 749. The van der Waals surface area contributed by atoms with Gasteiger partial charge in [-0.2, -0.15) is 52.7 Å². The van der Waals surface area contributed by atoms with Gasteiger partial charge in [0.05, 0.1) is 0 Å². The molecule has 0 aromatic heterocycles. The second-order valence-corrected chi connectivity index (χ2v) is 8.47. The van der Waals surface area contributed by atoms with Crippen LogP contribution in [-0.4, -0.2) is 54.3 Å². The number of aromatic hydroxyl groups is 1. The summed E-state index contributed by atoms with van der Waals surface area (Å²) in [6.45, 7) is 3.89. The lowest BCUT2D eigenvalue weighted by molar-refractivity contribution is -0.468. The van der Waals surface area contributed by atoms with E-state index in [0.29, 0.717) is 5.75 Å². The second kappa shape index (κ2) is 9.73. The topological polar surface area (TPSA) is 29.5 Å². The summed E-state index contributed by atoms with van der Waals surface area (Å²) in [6.07, 6.45) is -21.5. The first-order chi connectivity index (χ1) is 13.9. The number of ether oxygens (including phenoxy) is 1. The Morgan fingerprint density at radius 2 is 1.16 bits per heavy atom. The minimum absolute atomic E-state index is 0.281. The fourth-order valence-electron chi connectivity index (χ4n) is 1.78. The van der Waals surface area contributed by atoms with Crippen molar-refractivity contribution in [2.45, 2.75) is 55.4 Å². The molecule has 1 aromatic carbocycles. The molecule has 16 heteroatoms. The standard InChI is InChI=1S/C10H14OS.C6HF13O/c1-7-5-9(12(3)4)6-8(2)10(7)11;7-1(2(8,9)10)20-6(18,19)4(13,14)3(11,12)5(15,16)17/h5-6H,1-4H3;1H/p+1. The highest BCUT2D eigenvalue weighted by molar-refractivity contribution is 7.95. The van der Waals surface area contributed by atoms with Gasteiger partial charge in [-0.05, 0) is 37.1 Å². The fraction of sp³-hybridized carbons (Fsp3) is 0.625. The van der Waals surface area contributed by atoms with Crippen molar-refractivity contribution >= 4 is 10.9 Å². The van der Waals surface area contributed by atoms with Gasteiger partial charge in [-0.25, -0.2) is 4.39 Å². The van der Waals surface area contributed by atoms with Crippen molar-refractivity contribution in [3.8, 4) is 5.75 Å². The Balaban J connectivity index is 0.000000677. The SMILES string of the molecule is Cc1cc([S+](C)C)cc(C)c1O.FC(OC(F)(F)C(F)(F)C(F)(F)C(F)(F)F)C(F)(F)F. The maximum absolute atomic E-state index is 12.3. The van der Waals surface area contributed by atoms with Gasteiger partial charge in [0.1, 0.15) is 18.3 Å². The van der Waals surface area contributed by atoms with E-state index in [1.54, 1.807) is 4.74 Å². The molecule has 32 heavy (non-hydrogen) atoms. The van der Waals surface area contributed by atoms with Crippen LogP contribution in [0.1, 0.15) is 11.1 Å². The minimum Gasteiger partial charge on any atom is -0.507 e. The molecule has 0 saturated carbocycles. The van der Waals surface area contributed by atoms with Crippen molar-refractivity contribution in [3.63, 3.8) is 0 Å². The zero-order valence-electron chi connectivity index (χ0n) is 16.4. The summed E-state index contributed by atoms with van der Waals surface area (Å²) >= 11 is 0. The van der Waals surface area contributed by atoms with E-state index in [0.717, 1.165) is 11.1 Å². The number of benzene rings is 1. The monoisotopic (exact) mass is 519 g/mol. The number of phenolic OH excluding ortho intramolecular Hbond substituents is 1. The first-order valence-electron chi connectivity index (χ1n) is 7.86. The second-order valence-electron chi connectivity index (χ2n) is 6.36. The highest BCUT2D eigenvalue weighted by Gasteiger charge is 2.83. The van der Waals surface area contributed by atoms with Crippen LogP contribution in [0, 0.1) is 13.8 Å². The predicted octanol–water partition coefficient (Wildman–Crippen LogP) is 6.53. The molecule has 188 valence electrons. The van der Waals surface area contributed by atoms with Gasteiger partial charge >= 0.3 is 30.3 Å². The van der Waals surface area contributed by atoms with Gasteiger partial charge in [-0.15, -0.1) is 0 Å². The normalized spacial score (nSPS) is 14.8. The molecule has 0 aliphatic rings. The lowest BCUT2D eigenvalue weighted by Crippen LogP contribution is -2.62. The first-order valence-corrected chi connectivity index (χ1v) is 9.90. The molecule has 1 unspecified atom stereocenters. The van der Waals surface area contributed by atoms with Crippen LogP contribution in [0.15, 0.2) is 17.0 Å². The summed E-state index contributed by atoms with van der Waals surface area (Å²) in [7, 11) is 0.281. The number of aryl methyl sites for hydroxylation is 2. The zero-order chi connectivity index (χ0) is 26.1. The van der Waals surface area contributed by atoms with Crippen LogP contribution >= 0.6 is 0 Å². The van der Waals surface area contributed by atoms with Gasteiger partial charge in [0.2, 0.25) is 0 Å². The van der Waals surface area contributed by atoms with E-state index < -0.39 is 36.7 Å². The van der Waals surface area contributed by atoms with E-state index in [4.69, 9.17) is 0 Å². The Morgan fingerprint density at radius 3 is 1.44 bits per heavy atom. The third kappa shape index (κ3) is 6.71. The van der Waals surface area contributed by atoms with Crippen molar-refractivity contribution in [2.24, 2.45) is 0 Å². The van der Waals surface area contributed by atoms with E-state index in [9.17, 15) is 62.2 Å². The molecule has 1 aromatic rings. The minimum atomic E-state index is -7.48. The van der Waals surface area contributed by atoms with Gasteiger partial charge in [0.25, 0.3) is 6.36 Å². The Kier molecular flexibility index (Phi) is 9.25. The van der Waals surface area contributed by atoms with E-state index in [1.807, 2.05) is 13.8 Å². The summed E-state index contributed by atoms with van der Waals surface area (Å²) < 4.78 is 156. The van der Waals surface area contributed by atoms with Crippen LogP contribution in [0.3, 0.4) is 0 Å². The molecule has 1 N–H and O–H groups in total. The molecule has 0 saturated heterocycles. The van der Waals surface area contributed by atoms with Gasteiger partial charge in [-0.3, -0.25) is 4.74 Å². The number of alkyl halides is 13. The van der Waals surface area contributed by atoms with E-state index in [2.05, 4.69) is 24.6 Å². The number of phenols is 1. The molecule has 2 nitrogen and oxygen atoms in total. The largest absolute Gasteiger partial charge is 0.507 e. The number of rotatable bonds is 5. The molecule has 0 amide bonds. The summed E-state index contributed by atoms with van der Waals surface area (Å²) in [5.74, 6) is -14.5. The molecular weight excluding hydrogens is 503 g/mol. The number of halogens is 13. The summed E-state index contributed by atoms with van der Waals surface area (Å²) in [6, 6.07) is 4.12. The van der Waals surface area contributed by atoms with E-state index in [-0.39, 0.29) is 10.9 Å². The highest BCUT2D eigenvalue weighted by atomic mass is 32.2. The van der Waals surface area contributed by atoms with Crippen LogP contribution in [0.4, 0.5) is 57.1 Å². The van der Waals surface area contributed by atoms with Crippen molar-refractivity contribution < 1.29 is 66.9 Å². The maximum Gasteiger partial charge on any atom is 0.460 e. The van der Waals surface area contributed by atoms with Crippen molar-refractivity contribution in [2.75, 3.05) is 12.5 Å². The molecule has 1 atom stereocenters. The maximum atomic E-state index is 12.3. The van der Waals surface area contributed by atoms with Crippen molar-refractivity contribution in [1.29, 1.82) is 0 Å². The molecule has 0 aliphatic heterocycles. The third-order valence-electron chi connectivity index (χ3n) is 3.56. The fourth-order valence-corrected chi connectivity index (χ4v) is 2.61. The van der Waals surface area contributed by atoms with Crippen LogP contribution in [0.2, 0.25) is 0 Å². The lowest BCUT2D eigenvalue weighted by Gasteiger charge is -2.33. The van der Waals surface area contributed by atoms with Crippen LogP contribution < -0.4 is 0 Å². The number of hydrogen-bond donors (Lipinski definition) is 1. The predicted molar refractivity (Wildman–Crippen MR) is 88.0 cm³/mol. The Labute approximate surface area is 175 Å². The Hall–Kier alpha value is -1.58. The highest BCUT2D eigenvalue weighted by Crippen LogP contribution is 2.54. The third-order valence-corrected chi connectivity index (χ3v) is 4.74. The van der Waals surface area contributed by atoms with Gasteiger partial charge in [-0.1, -0.05) is 0 Å². The average Bonchev–Trinajstić information content (AvgIpc) is 2.57. The summed E-state index contributed by atoms with van der Waals surface area (Å²) in [4.78, 5) is 1.32. The van der Waals surface area contributed by atoms with Crippen LogP contribution in [0.25, 0.3) is 0 Å². The van der Waals surface area contributed by atoms with Crippen molar-refractivity contribution in [1.82, 2.24) is 0 Å². The van der Waals surface area contributed by atoms with Gasteiger partial charge in [0.15, 0.2) is 4.90 Å². The Morgan fingerprint density at radius 1 is 0.781 bits per heavy atom. The summed E-state index contributed by atoms with van der Waals surface area (Å²) in [5.41, 5.74) is 1.96. The van der Waals surface area contributed by atoms with Crippen LogP contribution in [0.5, 0.6) is 5.75 Å².